The van der Waals surface area contributed by atoms with E-state index in [1.807, 2.05) is 0 Å². The van der Waals surface area contributed by atoms with Crippen LogP contribution in [0.5, 0.6) is 0 Å². The first-order valence-electron chi connectivity index (χ1n) is 4.41. The van der Waals surface area contributed by atoms with Crippen LogP contribution in [0.15, 0.2) is 22.0 Å². The molecule has 0 spiro atoms. The van der Waals surface area contributed by atoms with E-state index in [1.165, 1.54) is 4.88 Å². The maximum absolute atomic E-state index is 4.91. The van der Waals surface area contributed by atoms with Gasteiger partial charge in [0.15, 0.2) is 5.82 Å². The first-order chi connectivity index (χ1) is 6.84. The first kappa shape index (κ1) is 9.21. The minimum absolute atomic E-state index is 0.499. The summed E-state index contributed by atoms with van der Waals surface area (Å²) in [7, 11) is 0. The molecule has 0 aromatic carbocycles. The Bertz CT molecular complexity index is 382. The lowest BCUT2D eigenvalue weighted by molar-refractivity contribution is 0.425. The van der Waals surface area contributed by atoms with Crippen LogP contribution < -0.4 is 5.32 Å². The Morgan fingerprint density at radius 1 is 1.57 bits per heavy atom. The zero-order chi connectivity index (χ0) is 9.80. The van der Waals surface area contributed by atoms with Crippen molar-refractivity contribution in [1.29, 1.82) is 0 Å². The Morgan fingerprint density at radius 3 is 3.14 bits per heavy atom. The highest BCUT2D eigenvalue weighted by atomic mass is 32.1. The van der Waals surface area contributed by atoms with E-state index in [4.69, 9.17) is 4.52 Å². The van der Waals surface area contributed by atoms with Gasteiger partial charge in [0.05, 0.1) is 0 Å². The van der Waals surface area contributed by atoms with E-state index in [9.17, 15) is 0 Å². The van der Waals surface area contributed by atoms with Gasteiger partial charge in [0.2, 0.25) is 0 Å². The summed E-state index contributed by atoms with van der Waals surface area (Å²) >= 11 is 1.76. The van der Waals surface area contributed by atoms with Crippen molar-refractivity contribution >= 4 is 17.4 Å². The SMILES string of the molecule is Cc1noc(NCCc2cccs2)n1. The van der Waals surface area contributed by atoms with Crippen LogP contribution in [-0.2, 0) is 6.42 Å². The van der Waals surface area contributed by atoms with Gasteiger partial charge in [-0.3, -0.25) is 0 Å². The fraction of sp³-hybridized carbons (Fsp3) is 0.333. The van der Waals surface area contributed by atoms with Gasteiger partial charge in [-0.1, -0.05) is 11.2 Å². The average molecular weight is 209 g/mol. The topological polar surface area (TPSA) is 51.0 Å². The van der Waals surface area contributed by atoms with Crippen molar-refractivity contribution in [2.24, 2.45) is 0 Å². The van der Waals surface area contributed by atoms with Gasteiger partial charge in [0.25, 0.3) is 0 Å². The molecule has 0 saturated heterocycles. The molecule has 0 amide bonds. The van der Waals surface area contributed by atoms with Crippen molar-refractivity contribution in [3.63, 3.8) is 0 Å². The van der Waals surface area contributed by atoms with Gasteiger partial charge in [-0.05, 0) is 24.8 Å². The monoisotopic (exact) mass is 209 g/mol. The predicted octanol–water partition coefficient (Wildman–Crippen LogP) is 2.09. The molecule has 0 aliphatic heterocycles. The number of aryl methyl sites for hydroxylation is 1. The molecule has 0 bridgehead atoms. The summed E-state index contributed by atoms with van der Waals surface area (Å²) in [5.41, 5.74) is 0. The molecule has 2 aromatic heterocycles. The molecule has 0 unspecified atom stereocenters. The molecule has 2 aromatic rings. The quantitative estimate of drug-likeness (QED) is 0.837. The summed E-state index contributed by atoms with van der Waals surface area (Å²) in [5, 5.41) is 8.83. The van der Waals surface area contributed by atoms with Crippen molar-refractivity contribution in [3.05, 3.63) is 28.2 Å². The molecule has 14 heavy (non-hydrogen) atoms. The second kappa shape index (κ2) is 4.23. The maximum Gasteiger partial charge on any atom is 0.321 e. The third kappa shape index (κ3) is 2.32. The Balaban J connectivity index is 1.78. The third-order valence-electron chi connectivity index (χ3n) is 1.76. The summed E-state index contributed by atoms with van der Waals surface area (Å²) in [5.74, 6) is 0.656. The number of anilines is 1. The second-order valence-electron chi connectivity index (χ2n) is 2.90. The molecule has 0 atom stereocenters. The number of aromatic nitrogens is 2. The lowest BCUT2D eigenvalue weighted by Gasteiger charge is -1.97. The highest BCUT2D eigenvalue weighted by molar-refractivity contribution is 7.09. The van der Waals surface area contributed by atoms with Crippen LogP contribution in [0.3, 0.4) is 0 Å². The molecule has 2 heterocycles. The van der Waals surface area contributed by atoms with Crippen LogP contribution in [0.4, 0.5) is 6.01 Å². The van der Waals surface area contributed by atoms with E-state index in [0.29, 0.717) is 11.8 Å². The smallest absolute Gasteiger partial charge is 0.321 e. The lowest BCUT2D eigenvalue weighted by atomic mass is 10.3. The highest BCUT2D eigenvalue weighted by Crippen LogP contribution is 2.09. The third-order valence-corrected chi connectivity index (χ3v) is 2.69. The minimum atomic E-state index is 0.499. The van der Waals surface area contributed by atoms with Gasteiger partial charge in [0.1, 0.15) is 0 Å². The standard InChI is InChI=1S/C9H11N3OS/c1-7-11-9(13-12-7)10-5-4-8-3-2-6-14-8/h2-3,6H,4-5H2,1H3,(H,10,11,12). The van der Waals surface area contributed by atoms with E-state index in [-0.39, 0.29) is 0 Å². The van der Waals surface area contributed by atoms with Gasteiger partial charge in [-0.15, -0.1) is 11.3 Å². The molecule has 0 radical (unpaired) electrons. The number of thiophene rings is 1. The molecule has 0 aliphatic carbocycles. The molecule has 0 aliphatic rings. The number of nitrogens with one attached hydrogen (secondary N) is 1. The molecule has 1 N–H and O–H groups in total. The van der Waals surface area contributed by atoms with E-state index in [1.54, 1.807) is 18.3 Å². The molecular weight excluding hydrogens is 198 g/mol. The van der Waals surface area contributed by atoms with Crippen molar-refractivity contribution < 1.29 is 4.52 Å². The van der Waals surface area contributed by atoms with Crippen molar-refractivity contribution in [2.45, 2.75) is 13.3 Å². The lowest BCUT2D eigenvalue weighted by Crippen LogP contribution is -2.03. The fourth-order valence-corrected chi connectivity index (χ4v) is 1.83. The van der Waals surface area contributed by atoms with Crippen LogP contribution in [0.1, 0.15) is 10.7 Å². The Morgan fingerprint density at radius 2 is 2.50 bits per heavy atom. The number of nitrogens with zero attached hydrogens (tertiary/aromatic N) is 2. The van der Waals surface area contributed by atoms with Gasteiger partial charge < -0.3 is 9.84 Å². The first-order valence-corrected chi connectivity index (χ1v) is 5.29. The molecule has 0 saturated carbocycles. The van der Waals surface area contributed by atoms with Crippen LogP contribution >= 0.6 is 11.3 Å². The normalized spacial score (nSPS) is 10.4. The van der Waals surface area contributed by atoms with Crippen LogP contribution in [0.2, 0.25) is 0 Å². The zero-order valence-electron chi connectivity index (χ0n) is 7.86. The number of hydrogen-bond donors (Lipinski definition) is 1. The molecule has 4 nitrogen and oxygen atoms in total. The minimum Gasteiger partial charge on any atom is -0.337 e. The summed E-state index contributed by atoms with van der Waals surface area (Å²) in [4.78, 5) is 5.40. The Hall–Kier alpha value is -1.36. The Labute approximate surface area is 86.0 Å². The van der Waals surface area contributed by atoms with E-state index in [2.05, 4.69) is 33.0 Å². The molecule has 0 fully saturated rings. The number of rotatable bonds is 4. The molecular formula is C9H11N3OS. The highest BCUT2D eigenvalue weighted by Gasteiger charge is 2.00. The van der Waals surface area contributed by atoms with Gasteiger partial charge in [0, 0.05) is 11.4 Å². The maximum atomic E-state index is 4.91. The van der Waals surface area contributed by atoms with E-state index in [0.717, 1.165) is 13.0 Å². The largest absolute Gasteiger partial charge is 0.337 e. The summed E-state index contributed by atoms with van der Waals surface area (Å²) in [6.45, 7) is 2.62. The van der Waals surface area contributed by atoms with Crippen LogP contribution in [0, 0.1) is 6.92 Å². The molecule has 74 valence electrons. The van der Waals surface area contributed by atoms with Crippen molar-refractivity contribution in [2.75, 3.05) is 11.9 Å². The summed E-state index contributed by atoms with van der Waals surface area (Å²) in [6.07, 6.45) is 0.985. The van der Waals surface area contributed by atoms with Gasteiger partial charge in [-0.25, -0.2) is 0 Å². The molecule has 5 heteroatoms. The van der Waals surface area contributed by atoms with Gasteiger partial charge in [-0.2, -0.15) is 4.98 Å². The zero-order valence-corrected chi connectivity index (χ0v) is 8.67. The summed E-state index contributed by atoms with van der Waals surface area (Å²) < 4.78 is 4.91. The fourth-order valence-electron chi connectivity index (χ4n) is 1.12. The van der Waals surface area contributed by atoms with Gasteiger partial charge >= 0.3 is 6.01 Å². The summed E-state index contributed by atoms with van der Waals surface area (Å²) in [6, 6.07) is 4.67. The van der Waals surface area contributed by atoms with Crippen molar-refractivity contribution in [1.82, 2.24) is 10.1 Å². The number of hydrogen-bond acceptors (Lipinski definition) is 5. The second-order valence-corrected chi connectivity index (χ2v) is 3.94. The van der Waals surface area contributed by atoms with Crippen LogP contribution in [0.25, 0.3) is 0 Å². The van der Waals surface area contributed by atoms with E-state index < -0.39 is 0 Å². The predicted molar refractivity (Wildman–Crippen MR) is 55.5 cm³/mol. The van der Waals surface area contributed by atoms with E-state index >= 15 is 0 Å². The van der Waals surface area contributed by atoms with Crippen LogP contribution in [-0.4, -0.2) is 16.7 Å². The molecule has 2 rings (SSSR count). The average Bonchev–Trinajstić information content (AvgIpc) is 2.77. The Kier molecular flexibility index (Phi) is 2.78. The van der Waals surface area contributed by atoms with Crippen molar-refractivity contribution in [3.8, 4) is 0 Å².